The molecular formula is C18H23FN4O2. The van der Waals surface area contributed by atoms with E-state index in [1.807, 2.05) is 12.1 Å². The Hall–Kier alpha value is -2.96. The van der Waals surface area contributed by atoms with E-state index in [9.17, 15) is 4.39 Å². The molecule has 0 saturated carbocycles. The lowest BCUT2D eigenvalue weighted by Crippen LogP contribution is -2.23. The third kappa shape index (κ3) is 5.87. The molecule has 0 radical (unpaired) electrons. The zero-order chi connectivity index (χ0) is 18.1. The summed E-state index contributed by atoms with van der Waals surface area (Å²) in [6.45, 7) is 1.23. The summed E-state index contributed by atoms with van der Waals surface area (Å²) in [7, 11) is 3.16. The van der Waals surface area contributed by atoms with Gasteiger partial charge in [0.1, 0.15) is 5.82 Å². The zero-order valence-electron chi connectivity index (χ0n) is 14.4. The first-order valence-electron chi connectivity index (χ1n) is 7.91. The van der Waals surface area contributed by atoms with Crippen molar-refractivity contribution in [3.05, 3.63) is 48.3 Å². The number of anilines is 2. The minimum Gasteiger partial charge on any atom is -0.493 e. The molecular weight excluding hydrogens is 323 g/mol. The van der Waals surface area contributed by atoms with Gasteiger partial charge in [-0.1, -0.05) is 6.07 Å². The standard InChI is InChI=1S/C18H23FN4O2/c1-24-16-8-7-15(12-17(16)25-2)23-18(20)22-10-4-9-21-14-6-3-5-13(19)11-14/h3,5-8,11-12,21H,4,9-10H2,1-2H3,(H3,20,22,23). The topological polar surface area (TPSA) is 80.9 Å². The fraction of sp³-hybridized carbons (Fsp3) is 0.278. The number of aliphatic imine (C=N–C) groups is 1. The van der Waals surface area contributed by atoms with Crippen LogP contribution in [0.3, 0.4) is 0 Å². The van der Waals surface area contributed by atoms with Gasteiger partial charge in [-0.05, 0) is 36.8 Å². The minimum absolute atomic E-state index is 0.258. The number of methoxy groups -OCH3 is 2. The number of ether oxygens (including phenoxy) is 2. The van der Waals surface area contributed by atoms with E-state index in [0.29, 0.717) is 30.5 Å². The minimum atomic E-state index is -0.258. The molecule has 0 aliphatic carbocycles. The van der Waals surface area contributed by atoms with Crippen LogP contribution in [0.15, 0.2) is 47.5 Å². The predicted molar refractivity (Wildman–Crippen MR) is 99.2 cm³/mol. The van der Waals surface area contributed by atoms with Crippen molar-refractivity contribution >= 4 is 17.3 Å². The second-order valence-electron chi connectivity index (χ2n) is 5.25. The number of rotatable bonds is 8. The molecule has 0 fully saturated rings. The van der Waals surface area contributed by atoms with Gasteiger partial charge in [0.2, 0.25) is 0 Å². The first-order chi connectivity index (χ1) is 12.1. The van der Waals surface area contributed by atoms with E-state index in [-0.39, 0.29) is 5.82 Å². The number of guanidine groups is 1. The molecule has 0 saturated heterocycles. The highest BCUT2D eigenvalue weighted by Gasteiger charge is 2.04. The van der Waals surface area contributed by atoms with Crippen molar-refractivity contribution < 1.29 is 13.9 Å². The second kappa shape index (κ2) is 9.36. The van der Waals surface area contributed by atoms with Crippen LogP contribution in [0, 0.1) is 5.82 Å². The summed E-state index contributed by atoms with van der Waals surface area (Å²) in [5, 5.41) is 6.14. The van der Waals surface area contributed by atoms with Crippen LogP contribution in [0.5, 0.6) is 11.5 Å². The highest BCUT2D eigenvalue weighted by molar-refractivity contribution is 5.92. The largest absolute Gasteiger partial charge is 0.493 e. The van der Waals surface area contributed by atoms with Crippen molar-refractivity contribution in [3.63, 3.8) is 0 Å². The third-order valence-corrected chi connectivity index (χ3v) is 3.43. The fourth-order valence-corrected chi connectivity index (χ4v) is 2.21. The molecule has 2 rings (SSSR count). The molecule has 25 heavy (non-hydrogen) atoms. The smallest absolute Gasteiger partial charge is 0.193 e. The molecule has 0 aliphatic heterocycles. The van der Waals surface area contributed by atoms with Crippen molar-refractivity contribution in [2.45, 2.75) is 6.42 Å². The molecule has 0 heterocycles. The molecule has 4 N–H and O–H groups in total. The lowest BCUT2D eigenvalue weighted by molar-refractivity contribution is 0.355. The number of hydrogen-bond donors (Lipinski definition) is 3. The Morgan fingerprint density at radius 2 is 1.88 bits per heavy atom. The van der Waals surface area contributed by atoms with Gasteiger partial charge in [0.25, 0.3) is 0 Å². The summed E-state index contributed by atoms with van der Waals surface area (Å²) >= 11 is 0. The molecule has 6 nitrogen and oxygen atoms in total. The van der Waals surface area contributed by atoms with Crippen LogP contribution < -0.4 is 25.8 Å². The Balaban J connectivity index is 1.78. The summed E-state index contributed by atoms with van der Waals surface area (Å²) < 4.78 is 23.5. The maximum atomic E-state index is 13.1. The van der Waals surface area contributed by atoms with Crippen molar-refractivity contribution in [1.82, 2.24) is 0 Å². The van der Waals surface area contributed by atoms with Gasteiger partial charge >= 0.3 is 0 Å². The number of benzene rings is 2. The van der Waals surface area contributed by atoms with Crippen LogP contribution in [0.4, 0.5) is 15.8 Å². The Kier molecular flexibility index (Phi) is 6.88. The summed E-state index contributed by atoms with van der Waals surface area (Å²) in [6, 6.07) is 11.8. The van der Waals surface area contributed by atoms with Crippen LogP contribution in [0.25, 0.3) is 0 Å². The molecule has 0 aromatic heterocycles. The van der Waals surface area contributed by atoms with Crippen molar-refractivity contribution in [2.24, 2.45) is 10.7 Å². The van der Waals surface area contributed by atoms with E-state index in [0.717, 1.165) is 17.8 Å². The van der Waals surface area contributed by atoms with Gasteiger partial charge in [0.15, 0.2) is 17.5 Å². The molecule has 0 unspecified atom stereocenters. The highest BCUT2D eigenvalue weighted by Crippen LogP contribution is 2.29. The number of halogens is 1. The summed E-state index contributed by atoms with van der Waals surface area (Å²) in [5.41, 5.74) is 7.39. The quantitative estimate of drug-likeness (QED) is 0.389. The van der Waals surface area contributed by atoms with Gasteiger partial charge in [0, 0.05) is 30.5 Å². The highest BCUT2D eigenvalue weighted by atomic mass is 19.1. The van der Waals surface area contributed by atoms with E-state index in [1.54, 1.807) is 32.4 Å². The Morgan fingerprint density at radius 3 is 2.60 bits per heavy atom. The zero-order valence-corrected chi connectivity index (χ0v) is 14.4. The molecule has 134 valence electrons. The monoisotopic (exact) mass is 346 g/mol. The van der Waals surface area contributed by atoms with Gasteiger partial charge in [0.05, 0.1) is 14.2 Å². The van der Waals surface area contributed by atoms with Crippen LogP contribution in [0.2, 0.25) is 0 Å². The molecule has 2 aromatic carbocycles. The Bertz CT molecular complexity index is 722. The predicted octanol–water partition coefficient (Wildman–Crippen LogP) is 3.07. The molecule has 7 heteroatoms. The van der Waals surface area contributed by atoms with Gasteiger partial charge < -0.3 is 25.8 Å². The average molecular weight is 346 g/mol. The van der Waals surface area contributed by atoms with Gasteiger partial charge in [-0.15, -0.1) is 0 Å². The van der Waals surface area contributed by atoms with Crippen molar-refractivity contribution in [3.8, 4) is 11.5 Å². The lowest BCUT2D eigenvalue weighted by atomic mass is 10.3. The first kappa shape index (κ1) is 18.4. The maximum Gasteiger partial charge on any atom is 0.193 e. The molecule has 0 amide bonds. The van der Waals surface area contributed by atoms with E-state index >= 15 is 0 Å². The van der Waals surface area contributed by atoms with E-state index in [2.05, 4.69) is 15.6 Å². The first-order valence-corrected chi connectivity index (χ1v) is 7.91. The van der Waals surface area contributed by atoms with Crippen molar-refractivity contribution in [1.29, 1.82) is 0 Å². The number of nitrogens with zero attached hydrogens (tertiary/aromatic N) is 1. The van der Waals surface area contributed by atoms with Gasteiger partial charge in [-0.2, -0.15) is 0 Å². The van der Waals surface area contributed by atoms with E-state index < -0.39 is 0 Å². The normalized spacial score (nSPS) is 11.1. The van der Waals surface area contributed by atoms with Crippen LogP contribution >= 0.6 is 0 Å². The Labute approximate surface area is 146 Å². The molecule has 0 bridgehead atoms. The number of hydrogen-bond acceptors (Lipinski definition) is 4. The summed E-state index contributed by atoms with van der Waals surface area (Å²) in [5.74, 6) is 1.32. The molecule has 0 atom stereocenters. The van der Waals surface area contributed by atoms with Crippen LogP contribution in [0.1, 0.15) is 6.42 Å². The van der Waals surface area contributed by atoms with Crippen LogP contribution in [-0.4, -0.2) is 33.3 Å². The summed E-state index contributed by atoms with van der Waals surface area (Å²) in [4.78, 5) is 4.26. The number of nitrogens with two attached hydrogens (primary N) is 1. The average Bonchev–Trinajstić information content (AvgIpc) is 2.61. The van der Waals surface area contributed by atoms with Crippen molar-refractivity contribution in [2.75, 3.05) is 37.9 Å². The molecule has 0 spiro atoms. The maximum absolute atomic E-state index is 13.1. The van der Waals surface area contributed by atoms with Gasteiger partial charge in [-0.3, -0.25) is 4.99 Å². The SMILES string of the molecule is COc1ccc(NC(N)=NCCCNc2cccc(F)c2)cc1OC. The molecule has 0 aliphatic rings. The van der Waals surface area contributed by atoms with E-state index in [4.69, 9.17) is 15.2 Å². The fourth-order valence-electron chi connectivity index (χ4n) is 2.21. The summed E-state index contributed by atoms with van der Waals surface area (Å²) in [6.07, 6.45) is 0.769. The Morgan fingerprint density at radius 1 is 1.08 bits per heavy atom. The lowest BCUT2D eigenvalue weighted by Gasteiger charge is -2.11. The van der Waals surface area contributed by atoms with Crippen LogP contribution in [-0.2, 0) is 0 Å². The number of nitrogens with one attached hydrogen (secondary N) is 2. The van der Waals surface area contributed by atoms with Gasteiger partial charge in [-0.25, -0.2) is 4.39 Å². The van der Waals surface area contributed by atoms with E-state index in [1.165, 1.54) is 12.1 Å². The molecule has 2 aromatic rings. The second-order valence-corrected chi connectivity index (χ2v) is 5.25. The third-order valence-electron chi connectivity index (χ3n) is 3.43.